The number of aliphatic hydroxyl groups excluding tert-OH is 1. The molecule has 2 aromatic heterocycles. The lowest BCUT2D eigenvalue weighted by Crippen LogP contribution is -2.48. The van der Waals surface area contributed by atoms with Crippen LogP contribution < -0.4 is 10.6 Å². The standard InChI is InChI=1S/C33H39N5O3S/c1-22(2)28-13-25(16-34-18-28)17-35-19-30(39)29(14-24-9-6-5-7-10-24)37-32(40)26-11-8-12-27(15-26)33(41)38(4)20-31-36-23(3)21-42-31/h5-13,15-16,18,21-22,29-30,35,39H,14,17,19-20H2,1-4H3,(H,37,40)/t29-,30+/m0/s1. The molecule has 2 amide bonds. The molecular weight excluding hydrogens is 546 g/mol. The Hall–Kier alpha value is -3.92. The number of nitrogens with zero attached hydrogens (tertiary/aromatic N) is 3. The summed E-state index contributed by atoms with van der Waals surface area (Å²) in [6.45, 7) is 7.40. The number of pyridine rings is 1. The van der Waals surface area contributed by atoms with Gasteiger partial charge in [0, 0.05) is 54.7 Å². The van der Waals surface area contributed by atoms with Crippen LogP contribution in [0.4, 0.5) is 0 Å². The van der Waals surface area contributed by atoms with Crippen molar-refractivity contribution >= 4 is 23.2 Å². The van der Waals surface area contributed by atoms with Crippen molar-refractivity contribution in [2.24, 2.45) is 0 Å². The highest BCUT2D eigenvalue weighted by Gasteiger charge is 2.23. The molecule has 0 saturated heterocycles. The molecule has 42 heavy (non-hydrogen) atoms. The van der Waals surface area contributed by atoms with E-state index in [1.165, 1.54) is 11.3 Å². The maximum absolute atomic E-state index is 13.4. The number of benzene rings is 2. The van der Waals surface area contributed by atoms with Crippen LogP contribution in [0.5, 0.6) is 0 Å². The number of aliphatic hydroxyl groups is 1. The zero-order chi connectivity index (χ0) is 30.1. The molecule has 0 fully saturated rings. The topological polar surface area (TPSA) is 107 Å². The molecule has 2 atom stereocenters. The molecule has 0 bridgehead atoms. The third-order valence-electron chi connectivity index (χ3n) is 7.00. The van der Waals surface area contributed by atoms with Gasteiger partial charge in [0.05, 0.1) is 18.7 Å². The van der Waals surface area contributed by atoms with Gasteiger partial charge in [0.2, 0.25) is 0 Å². The molecule has 8 nitrogen and oxygen atoms in total. The number of carbonyl (C=O) groups excluding carboxylic acids is 2. The van der Waals surface area contributed by atoms with E-state index in [1.54, 1.807) is 36.2 Å². The minimum absolute atomic E-state index is 0.196. The lowest BCUT2D eigenvalue weighted by atomic mass is 10.00. The molecule has 2 heterocycles. The Bertz CT molecular complexity index is 1470. The number of hydrogen-bond donors (Lipinski definition) is 3. The lowest BCUT2D eigenvalue weighted by Gasteiger charge is -2.25. The molecule has 2 aromatic carbocycles. The maximum Gasteiger partial charge on any atom is 0.253 e. The summed E-state index contributed by atoms with van der Waals surface area (Å²) in [7, 11) is 1.72. The zero-order valence-electron chi connectivity index (χ0n) is 24.6. The van der Waals surface area contributed by atoms with Crippen molar-refractivity contribution in [1.29, 1.82) is 0 Å². The number of aryl methyl sites for hydroxylation is 1. The Morgan fingerprint density at radius 1 is 1.00 bits per heavy atom. The van der Waals surface area contributed by atoms with Gasteiger partial charge in [-0.15, -0.1) is 11.3 Å². The van der Waals surface area contributed by atoms with Crippen molar-refractivity contribution in [3.63, 3.8) is 0 Å². The first kappa shape index (κ1) is 31.0. The van der Waals surface area contributed by atoms with Gasteiger partial charge in [-0.25, -0.2) is 4.98 Å². The summed E-state index contributed by atoms with van der Waals surface area (Å²) in [5.41, 5.74) is 4.89. The van der Waals surface area contributed by atoms with Crippen LogP contribution in [0.1, 0.15) is 67.9 Å². The molecule has 0 aliphatic heterocycles. The number of nitrogens with one attached hydrogen (secondary N) is 2. The molecule has 0 saturated carbocycles. The molecule has 220 valence electrons. The van der Waals surface area contributed by atoms with Gasteiger partial charge < -0.3 is 20.6 Å². The van der Waals surface area contributed by atoms with Gasteiger partial charge in [-0.2, -0.15) is 0 Å². The van der Waals surface area contributed by atoms with Crippen molar-refractivity contribution in [3.8, 4) is 0 Å². The van der Waals surface area contributed by atoms with E-state index in [4.69, 9.17) is 0 Å². The average molecular weight is 586 g/mol. The highest BCUT2D eigenvalue weighted by molar-refractivity contribution is 7.09. The number of carbonyl (C=O) groups is 2. The van der Waals surface area contributed by atoms with Crippen LogP contribution in [0.3, 0.4) is 0 Å². The summed E-state index contributed by atoms with van der Waals surface area (Å²) < 4.78 is 0. The molecule has 4 aromatic rings. The summed E-state index contributed by atoms with van der Waals surface area (Å²) >= 11 is 1.51. The van der Waals surface area contributed by atoms with E-state index in [0.29, 0.717) is 36.6 Å². The minimum Gasteiger partial charge on any atom is -0.390 e. The third-order valence-corrected chi connectivity index (χ3v) is 7.95. The first-order valence-corrected chi connectivity index (χ1v) is 15.0. The van der Waals surface area contributed by atoms with Crippen molar-refractivity contribution in [2.45, 2.75) is 58.3 Å². The van der Waals surface area contributed by atoms with Crippen LogP contribution in [0.2, 0.25) is 0 Å². The molecule has 9 heteroatoms. The first-order chi connectivity index (χ1) is 20.2. The second-order valence-electron chi connectivity index (χ2n) is 10.9. The Morgan fingerprint density at radius 2 is 1.76 bits per heavy atom. The maximum atomic E-state index is 13.4. The van der Waals surface area contributed by atoms with E-state index in [-0.39, 0.29) is 18.4 Å². The quantitative estimate of drug-likeness (QED) is 0.209. The predicted octanol–water partition coefficient (Wildman–Crippen LogP) is 4.73. The summed E-state index contributed by atoms with van der Waals surface area (Å²) in [6, 6.07) is 18.0. The highest BCUT2D eigenvalue weighted by atomic mass is 32.1. The SMILES string of the molecule is Cc1csc(CN(C)C(=O)c2cccc(C(=O)N[C@@H](Cc3ccccc3)[C@H](O)CNCc3cncc(C(C)C)c3)c2)n1. The van der Waals surface area contributed by atoms with E-state index < -0.39 is 12.1 Å². The van der Waals surface area contributed by atoms with E-state index in [9.17, 15) is 14.7 Å². The van der Waals surface area contributed by atoms with Gasteiger partial charge in [0.1, 0.15) is 5.01 Å². The molecule has 0 aliphatic rings. The summed E-state index contributed by atoms with van der Waals surface area (Å²) in [5.74, 6) is -0.166. The number of hydrogen-bond acceptors (Lipinski definition) is 7. The normalized spacial score (nSPS) is 12.6. The summed E-state index contributed by atoms with van der Waals surface area (Å²) in [4.78, 5) is 36.9. The van der Waals surface area contributed by atoms with Crippen LogP contribution >= 0.6 is 11.3 Å². The van der Waals surface area contributed by atoms with Crippen molar-refractivity contribution in [3.05, 3.63) is 117 Å². The van der Waals surface area contributed by atoms with E-state index in [0.717, 1.165) is 27.4 Å². The fraction of sp³-hybridized carbons (Fsp3) is 0.333. The third kappa shape index (κ3) is 8.79. The van der Waals surface area contributed by atoms with Crippen LogP contribution in [-0.4, -0.2) is 57.5 Å². The molecule has 0 aliphatic carbocycles. The van der Waals surface area contributed by atoms with Crippen LogP contribution in [0.25, 0.3) is 0 Å². The predicted molar refractivity (Wildman–Crippen MR) is 167 cm³/mol. The van der Waals surface area contributed by atoms with Gasteiger partial charge >= 0.3 is 0 Å². The largest absolute Gasteiger partial charge is 0.390 e. The fourth-order valence-corrected chi connectivity index (χ4v) is 5.42. The van der Waals surface area contributed by atoms with Gasteiger partial charge in [0.15, 0.2) is 0 Å². The van der Waals surface area contributed by atoms with Gasteiger partial charge in [0.25, 0.3) is 11.8 Å². The number of thiazole rings is 1. The number of aromatic nitrogens is 2. The monoisotopic (exact) mass is 585 g/mol. The second-order valence-corrected chi connectivity index (χ2v) is 11.8. The number of rotatable bonds is 13. The highest BCUT2D eigenvalue weighted by Crippen LogP contribution is 2.16. The van der Waals surface area contributed by atoms with Crippen molar-refractivity contribution < 1.29 is 14.7 Å². The van der Waals surface area contributed by atoms with Crippen LogP contribution in [-0.2, 0) is 19.5 Å². The Balaban J connectivity index is 1.42. The summed E-state index contributed by atoms with van der Waals surface area (Å²) in [5, 5.41) is 20.3. The Morgan fingerprint density at radius 3 is 2.48 bits per heavy atom. The Kier molecular flexibility index (Phi) is 10.9. The van der Waals surface area contributed by atoms with Crippen LogP contribution in [0.15, 0.2) is 78.4 Å². The lowest BCUT2D eigenvalue weighted by molar-refractivity contribution is 0.0784. The molecule has 4 rings (SSSR count). The van der Waals surface area contributed by atoms with Gasteiger partial charge in [-0.1, -0.05) is 56.3 Å². The van der Waals surface area contributed by atoms with Gasteiger partial charge in [-0.05, 0) is 54.2 Å². The molecule has 0 unspecified atom stereocenters. The first-order valence-electron chi connectivity index (χ1n) is 14.1. The summed E-state index contributed by atoms with van der Waals surface area (Å²) in [6.07, 6.45) is 3.29. The fourth-order valence-electron chi connectivity index (χ4n) is 4.59. The van der Waals surface area contributed by atoms with E-state index >= 15 is 0 Å². The van der Waals surface area contributed by atoms with E-state index in [2.05, 4.69) is 40.5 Å². The minimum atomic E-state index is -0.854. The second kappa shape index (κ2) is 14.8. The van der Waals surface area contributed by atoms with Crippen LogP contribution in [0, 0.1) is 6.92 Å². The molecule has 3 N–H and O–H groups in total. The van der Waals surface area contributed by atoms with Crippen molar-refractivity contribution in [1.82, 2.24) is 25.5 Å². The smallest absolute Gasteiger partial charge is 0.253 e. The van der Waals surface area contributed by atoms with E-state index in [1.807, 2.05) is 55.0 Å². The van der Waals surface area contributed by atoms with Gasteiger partial charge in [-0.3, -0.25) is 14.6 Å². The molecular formula is C33H39N5O3S. The Labute approximate surface area is 251 Å². The zero-order valence-corrected chi connectivity index (χ0v) is 25.4. The molecule has 0 radical (unpaired) electrons. The average Bonchev–Trinajstić information content (AvgIpc) is 3.41. The van der Waals surface area contributed by atoms with Crippen molar-refractivity contribution in [2.75, 3.05) is 13.6 Å². The number of amides is 2. The molecule has 0 spiro atoms.